The summed E-state index contributed by atoms with van der Waals surface area (Å²) in [5, 5.41) is 13.6. The van der Waals surface area contributed by atoms with Gasteiger partial charge in [0.05, 0.1) is 0 Å². The Labute approximate surface area is 126 Å². The van der Waals surface area contributed by atoms with Crippen LogP contribution in [0.1, 0.15) is 11.1 Å². The van der Waals surface area contributed by atoms with E-state index in [9.17, 15) is 9.50 Å². The molecule has 3 aromatic rings. The Hall–Kier alpha value is -2.95. The number of phenolic OH excluding ortho intramolecular Hbond substituents is 1. The molecule has 0 aliphatic rings. The Balaban J connectivity index is 1.82. The minimum atomic E-state index is -0.309. The second kappa shape index (κ2) is 5.81. The first-order valence-corrected chi connectivity index (χ1v) is 6.68. The zero-order chi connectivity index (χ0) is 15.5. The standard InChI is InChI=1S/C17H13FN2O2/c1-11-2-3-13(15(21)8-11)10-19-17-9-16(22-20-17)12-4-6-14(18)7-5-12/h2-10,21H,1H3. The van der Waals surface area contributed by atoms with Gasteiger partial charge in [-0.25, -0.2) is 9.38 Å². The molecule has 0 fully saturated rings. The van der Waals surface area contributed by atoms with Crippen LogP contribution in [0, 0.1) is 12.7 Å². The minimum absolute atomic E-state index is 0.158. The van der Waals surface area contributed by atoms with Crippen molar-refractivity contribution >= 4 is 12.0 Å². The van der Waals surface area contributed by atoms with Gasteiger partial charge in [0.1, 0.15) is 11.6 Å². The predicted octanol–water partition coefficient (Wildman–Crippen LogP) is 4.25. The molecule has 0 saturated carbocycles. The zero-order valence-corrected chi connectivity index (χ0v) is 11.8. The summed E-state index contributed by atoms with van der Waals surface area (Å²) in [6, 6.07) is 12.9. The summed E-state index contributed by atoms with van der Waals surface area (Å²) in [6.45, 7) is 1.90. The SMILES string of the molecule is Cc1ccc(C=Nc2cc(-c3ccc(F)cc3)on2)c(O)c1. The Morgan fingerprint density at radius 1 is 1.14 bits per heavy atom. The third-order valence-corrected chi connectivity index (χ3v) is 3.15. The van der Waals surface area contributed by atoms with Crippen molar-refractivity contribution < 1.29 is 14.0 Å². The van der Waals surface area contributed by atoms with Crippen LogP contribution in [0.15, 0.2) is 58.0 Å². The third-order valence-electron chi connectivity index (χ3n) is 3.15. The molecule has 0 unspecified atom stereocenters. The number of hydrogen-bond donors (Lipinski definition) is 1. The monoisotopic (exact) mass is 296 g/mol. The molecular formula is C17H13FN2O2. The van der Waals surface area contributed by atoms with E-state index in [1.54, 1.807) is 30.3 Å². The summed E-state index contributed by atoms with van der Waals surface area (Å²) >= 11 is 0. The molecule has 4 nitrogen and oxygen atoms in total. The number of phenols is 1. The van der Waals surface area contributed by atoms with E-state index in [-0.39, 0.29) is 11.6 Å². The van der Waals surface area contributed by atoms with Gasteiger partial charge in [-0.05, 0) is 48.9 Å². The van der Waals surface area contributed by atoms with Crippen LogP contribution in [0.4, 0.5) is 10.2 Å². The fourth-order valence-corrected chi connectivity index (χ4v) is 1.98. The van der Waals surface area contributed by atoms with Gasteiger partial charge in [0, 0.05) is 23.4 Å². The molecule has 0 aliphatic heterocycles. The number of rotatable bonds is 3. The van der Waals surface area contributed by atoms with Gasteiger partial charge in [-0.1, -0.05) is 11.2 Å². The molecule has 0 bridgehead atoms. The highest BCUT2D eigenvalue weighted by molar-refractivity contribution is 5.85. The summed E-state index contributed by atoms with van der Waals surface area (Å²) in [7, 11) is 0. The van der Waals surface area contributed by atoms with Crippen LogP contribution in [0.2, 0.25) is 0 Å². The minimum Gasteiger partial charge on any atom is -0.507 e. The van der Waals surface area contributed by atoms with Crippen LogP contribution in [0.25, 0.3) is 11.3 Å². The van der Waals surface area contributed by atoms with E-state index in [0.717, 1.165) is 5.56 Å². The maximum absolute atomic E-state index is 12.9. The highest BCUT2D eigenvalue weighted by Crippen LogP contribution is 2.24. The Bertz CT molecular complexity index is 823. The van der Waals surface area contributed by atoms with Crippen molar-refractivity contribution in [2.24, 2.45) is 4.99 Å². The molecular weight excluding hydrogens is 283 g/mol. The lowest BCUT2D eigenvalue weighted by atomic mass is 10.1. The molecule has 0 radical (unpaired) electrons. The van der Waals surface area contributed by atoms with Crippen LogP contribution < -0.4 is 0 Å². The van der Waals surface area contributed by atoms with Crippen molar-refractivity contribution in [2.45, 2.75) is 6.92 Å². The molecule has 1 heterocycles. The highest BCUT2D eigenvalue weighted by Gasteiger charge is 2.06. The molecule has 0 amide bonds. The number of aryl methyl sites for hydroxylation is 1. The van der Waals surface area contributed by atoms with Crippen LogP contribution >= 0.6 is 0 Å². The molecule has 110 valence electrons. The number of nitrogens with zero attached hydrogens (tertiary/aromatic N) is 2. The van der Waals surface area contributed by atoms with Crippen molar-refractivity contribution in [3.8, 4) is 17.1 Å². The maximum atomic E-state index is 12.9. The van der Waals surface area contributed by atoms with Crippen molar-refractivity contribution in [3.63, 3.8) is 0 Å². The number of aromatic nitrogens is 1. The molecule has 1 N–H and O–H groups in total. The van der Waals surface area contributed by atoms with E-state index in [2.05, 4.69) is 10.1 Å². The quantitative estimate of drug-likeness (QED) is 0.735. The van der Waals surface area contributed by atoms with Gasteiger partial charge in [0.15, 0.2) is 11.6 Å². The molecule has 0 saturated heterocycles. The van der Waals surface area contributed by atoms with Crippen molar-refractivity contribution in [3.05, 3.63) is 65.5 Å². The Morgan fingerprint density at radius 3 is 2.64 bits per heavy atom. The molecule has 5 heteroatoms. The molecule has 2 aromatic carbocycles. The second-order valence-electron chi connectivity index (χ2n) is 4.88. The number of hydrogen-bond acceptors (Lipinski definition) is 4. The van der Waals surface area contributed by atoms with Crippen molar-refractivity contribution in [1.29, 1.82) is 0 Å². The highest BCUT2D eigenvalue weighted by atomic mass is 19.1. The fourth-order valence-electron chi connectivity index (χ4n) is 1.98. The van der Waals surface area contributed by atoms with E-state index in [0.29, 0.717) is 22.7 Å². The first-order chi connectivity index (χ1) is 10.6. The van der Waals surface area contributed by atoms with E-state index >= 15 is 0 Å². The fraction of sp³-hybridized carbons (Fsp3) is 0.0588. The molecule has 0 atom stereocenters. The Kier molecular flexibility index (Phi) is 3.70. The van der Waals surface area contributed by atoms with Crippen LogP contribution in [0.5, 0.6) is 5.75 Å². The molecule has 3 rings (SSSR count). The summed E-state index contributed by atoms with van der Waals surface area (Å²) in [5.41, 5.74) is 2.28. The second-order valence-corrected chi connectivity index (χ2v) is 4.88. The molecule has 1 aromatic heterocycles. The molecule has 0 aliphatic carbocycles. The van der Waals surface area contributed by atoms with Gasteiger partial charge in [-0.15, -0.1) is 0 Å². The van der Waals surface area contributed by atoms with Crippen LogP contribution in [0.3, 0.4) is 0 Å². The summed E-state index contributed by atoms with van der Waals surface area (Å²) in [4.78, 5) is 4.17. The van der Waals surface area contributed by atoms with E-state index in [1.807, 2.05) is 13.0 Å². The topological polar surface area (TPSA) is 58.6 Å². The number of benzene rings is 2. The van der Waals surface area contributed by atoms with Crippen molar-refractivity contribution in [1.82, 2.24) is 5.16 Å². The number of aliphatic imine (C=N–C) groups is 1. The summed E-state index contributed by atoms with van der Waals surface area (Å²) in [6.07, 6.45) is 1.51. The van der Waals surface area contributed by atoms with Crippen LogP contribution in [-0.4, -0.2) is 16.5 Å². The third kappa shape index (κ3) is 3.03. The van der Waals surface area contributed by atoms with Gasteiger partial charge < -0.3 is 9.63 Å². The van der Waals surface area contributed by atoms with Gasteiger partial charge >= 0.3 is 0 Å². The van der Waals surface area contributed by atoms with Gasteiger partial charge in [0.25, 0.3) is 0 Å². The van der Waals surface area contributed by atoms with E-state index < -0.39 is 0 Å². The van der Waals surface area contributed by atoms with E-state index in [4.69, 9.17) is 4.52 Å². The lowest BCUT2D eigenvalue weighted by Crippen LogP contribution is -1.83. The molecule has 0 spiro atoms. The van der Waals surface area contributed by atoms with Gasteiger partial charge in [0.2, 0.25) is 0 Å². The maximum Gasteiger partial charge on any atom is 0.195 e. The lowest BCUT2D eigenvalue weighted by molar-refractivity contribution is 0.434. The van der Waals surface area contributed by atoms with Gasteiger partial charge in [-0.2, -0.15) is 0 Å². The number of halogens is 1. The summed E-state index contributed by atoms with van der Waals surface area (Å²) in [5.74, 6) is 0.724. The smallest absolute Gasteiger partial charge is 0.195 e. The first-order valence-electron chi connectivity index (χ1n) is 6.68. The van der Waals surface area contributed by atoms with Crippen molar-refractivity contribution in [2.75, 3.05) is 0 Å². The normalized spacial score (nSPS) is 11.2. The largest absolute Gasteiger partial charge is 0.507 e. The summed E-state index contributed by atoms with van der Waals surface area (Å²) < 4.78 is 18.1. The first kappa shape index (κ1) is 14.0. The number of aromatic hydroxyl groups is 1. The average Bonchev–Trinajstić information content (AvgIpc) is 2.96. The predicted molar refractivity (Wildman–Crippen MR) is 82.0 cm³/mol. The zero-order valence-electron chi connectivity index (χ0n) is 11.8. The lowest BCUT2D eigenvalue weighted by Gasteiger charge is -1.98. The van der Waals surface area contributed by atoms with Gasteiger partial charge in [-0.3, -0.25) is 0 Å². The van der Waals surface area contributed by atoms with Crippen LogP contribution in [-0.2, 0) is 0 Å². The Morgan fingerprint density at radius 2 is 1.91 bits per heavy atom. The van der Waals surface area contributed by atoms with E-state index in [1.165, 1.54) is 18.3 Å². The average molecular weight is 296 g/mol. The molecule has 22 heavy (non-hydrogen) atoms.